The summed E-state index contributed by atoms with van der Waals surface area (Å²) < 4.78 is 1.37. The standard InChI is InChI=1S/C14H19IN2/c15-13-4-2-1-3-12(13)9-16-14-10-17-7-5-11(14)6-8-17/h1-4,11,14,16H,5-10H2. The van der Waals surface area contributed by atoms with Crippen LogP contribution in [0.2, 0.25) is 0 Å². The molecule has 0 amide bonds. The van der Waals surface area contributed by atoms with Gasteiger partial charge >= 0.3 is 0 Å². The molecule has 0 aromatic heterocycles. The minimum atomic E-state index is 0.716. The highest BCUT2D eigenvalue weighted by Gasteiger charge is 2.33. The van der Waals surface area contributed by atoms with E-state index in [0.29, 0.717) is 6.04 Å². The van der Waals surface area contributed by atoms with E-state index in [2.05, 4.69) is 57.1 Å². The maximum Gasteiger partial charge on any atom is 0.0227 e. The molecule has 0 radical (unpaired) electrons. The Kier molecular flexibility index (Phi) is 3.68. The van der Waals surface area contributed by atoms with Gasteiger partial charge in [0.1, 0.15) is 0 Å². The van der Waals surface area contributed by atoms with Crippen LogP contribution in [-0.2, 0) is 6.54 Å². The first-order valence-corrected chi connectivity index (χ1v) is 7.60. The number of nitrogens with zero attached hydrogens (tertiary/aromatic N) is 1. The van der Waals surface area contributed by atoms with Crippen LogP contribution in [0.4, 0.5) is 0 Å². The predicted molar refractivity (Wildman–Crippen MR) is 79.0 cm³/mol. The molecule has 3 aliphatic heterocycles. The molecule has 1 aromatic rings. The summed E-state index contributed by atoms with van der Waals surface area (Å²) >= 11 is 2.43. The quantitative estimate of drug-likeness (QED) is 0.849. The van der Waals surface area contributed by atoms with Gasteiger partial charge in [0.2, 0.25) is 0 Å². The molecule has 3 fully saturated rings. The summed E-state index contributed by atoms with van der Waals surface area (Å²) in [6, 6.07) is 9.38. The van der Waals surface area contributed by atoms with E-state index in [9.17, 15) is 0 Å². The number of hydrogen-bond acceptors (Lipinski definition) is 2. The molecular formula is C14H19IN2. The minimum absolute atomic E-state index is 0.716. The van der Waals surface area contributed by atoms with Crippen LogP contribution in [0.1, 0.15) is 18.4 Å². The minimum Gasteiger partial charge on any atom is -0.308 e. The first-order chi connectivity index (χ1) is 8.33. The van der Waals surface area contributed by atoms with E-state index in [0.717, 1.165) is 12.5 Å². The fraction of sp³-hybridized carbons (Fsp3) is 0.571. The maximum absolute atomic E-state index is 3.76. The third-order valence-corrected chi connectivity index (χ3v) is 5.22. The third-order valence-electron chi connectivity index (χ3n) is 4.17. The Labute approximate surface area is 117 Å². The normalized spacial score (nSPS) is 31.7. The number of piperidine rings is 3. The van der Waals surface area contributed by atoms with Gasteiger partial charge in [0.05, 0.1) is 0 Å². The summed E-state index contributed by atoms with van der Waals surface area (Å²) in [6.45, 7) is 4.93. The Morgan fingerprint density at radius 1 is 1.24 bits per heavy atom. The second-order valence-electron chi connectivity index (χ2n) is 5.22. The Bertz CT molecular complexity index is 386. The Hall–Kier alpha value is -0.130. The first-order valence-electron chi connectivity index (χ1n) is 6.52. The van der Waals surface area contributed by atoms with Gasteiger partial charge < -0.3 is 10.2 Å². The van der Waals surface area contributed by atoms with Gasteiger partial charge in [0, 0.05) is 22.7 Å². The van der Waals surface area contributed by atoms with E-state index < -0.39 is 0 Å². The van der Waals surface area contributed by atoms with E-state index in [4.69, 9.17) is 0 Å². The summed E-state index contributed by atoms with van der Waals surface area (Å²) in [5, 5.41) is 3.76. The van der Waals surface area contributed by atoms with Crippen LogP contribution < -0.4 is 5.32 Å². The summed E-state index contributed by atoms with van der Waals surface area (Å²) in [7, 11) is 0. The Balaban J connectivity index is 1.60. The van der Waals surface area contributed by atoms with E-state index in [1.54, 1.807) is 0 Å². The molecule has 3 saturated heterocycles. The molecule has 3 heteroatoms. The van der Waals surface area contributed by atoms with Gasteiger partial charge in [0.15, 0.2) is 0 Å². The SMILES string of the molecule is Ic1ccccc1CNC1CN2CCC1CC2. The Morgan fingerprint density at radius 2 is 2.00 bits per heavy atom. The molecule has 1 atom stereocenters. The lowest BCUT2D eigenvalue weighted by molar-refractivity contribution is 0.0720. The van der Waals surface area contributed by atoms with Gasteiger partial charge in [-0.15, -0.1) is 0 Å². The van der Waals surface area contributed by atoms with E-state index >= 15 is 0 Å². The number of rotatable bonds is 3. The molecule has 1 N–H and O–H groups in total. The lowest BCUT2D eigenvalue weighted by Gasteiger charge is -2.45. The van der Waals surface area contributed by atoms with Gasteiger partial charge in [-0.1, -0.05) is 18.2 Å². The lowest BCUT2D eigenvalue weighted by atomic mass is 9.84. The van der Waals surface area contributed by atoms with Crippen LogP contribution in [0, 0.1) is 9.49 Å². The monoisotopic (exact) mass is 342 g/mol. The smallest absolute Gasteiger partial charge is 0.0227 e. The summed E-state index contributed by atoms with van der Waals surface area (Å²) in [4.78, 5) is 2.60. The fourth-order valence-electron chi connectivity index (χ4n) is 3.08. The molecule has 92 valence electrons. The van der Waals surface area contributed by atoms with Crippen molar-refractivity contribution in [2.75, 3.05) is 19.6 Å². The molecule has 0 aliphatic carbocycles. The van der Waals surface area contributed by atoms with Crippen molar-refractivity contribution in [3.05, 3.63) is 33.4 Å². The van der Waals surface area contributed by atoms with Crippen molar-refractivity contribution < 1.29 is 0 Å². The number of nitrogens with one attached hydrogen (secondary N) is 1. The number of benzene rings is 1. The summed E-state index contributed by atoms with van der Waals surface area (Å²) in [5.41, 5.74) is 1.43. The molecule has 0 spiro atoms. The zero-order valence-electron chi connectivity index (χ0n) is 10.0. The Morgan fingerprint density at radius 3 is 2.65 bits per heavy atom. The summed E-state index contributed by atoms with van der Waals surface area (Å²) in [5.74, 6) is 0.918. The van der Waals surface area contributed by atoms with Crippen molar-refractivity contribution in [1.82, 2.24) is 10.2 Å². The zero-order valence-corrected chi connectivity index (χ0v) is 12.2. The second-order valence-corrected chi connectivity index (χ2v) is 6.38. The molecule has 3 heterocycles. The van der Waals surface area contributed by atoms with Crippen LogP contribution in [0.25, 0.3) is 0 Å². The van der Waals surface area contributed by atoms with E-state index in [1.807, 2.05) is 0 Å². The molecule has 17 heavy (non-hydrogen) atoms. The van der Waals surface area contributed by atoms with Crippen molar-refractivity contribution in [3.8, 4) is 0 Å². The van der Waals surface area contributed by atoms with Gasteiger partial charge in [-0.3, -0.25) is 0 Å². The van der Waals surface area contributed by atoms with Crippen molar-refractivity contribution in [2.24, 2.45) is 5.92 Å². The number of halogens is 1. The van der Waals surface area contributed by atoms with E-state index in [1.165, 1.54) is 41.6 Å². The van der Waals surface area contributed by atoms with Crippen molar-refractivity contribution >= 4 is 22.6 Å². The molecular weight excluding hydrogens is 323 g/mol. The van der Waals surface area contributed by atoms with Crippen LogP contribution in [0.3, 0.4) is 0 Å². The average Bonchev–Trinajstić information content (AvgIpc) is 2.39. The van der Waals surface area contributed by atoms with Gasteiger partial charge in [-0.2, -0.15) is 0 Å². The number of fused-ring (bicyclic) bond motifs is 3. The third kappa shape index (κ3) is 2.66. The van der Waals surface area contributed by atoms with Crippen molar-refractivity contribution in [2.45, 2.75) is 25.4 Å². The molecule has 2 nitrogen and oxygen atoms in total. The topological polar surface area (TPSA) is 15.3 Å². The zero-order chi connectivity index (χ0) is 11.7. The van der Waals surface area contributed by atoms with Gasteiger partial charge in [-0.05, 0) is 66.1 Å². The molecule has 1 aromatic carbocycles. The van der Waals surface area contributed by atoms with Crippen molar-refractivity contribution in [3.63, 3.8) is 0 Å². The average molecular weight is 342 g/mol. The van der Waals surface area contributed by atoms with E-state index in [-0.39, 0.29) is 0 Å². The largest absolute Gasteiger partial charge is 0.308 e. The fourth-order valence-corrected chi connectivity index (χ4v) is 3.66. The first kappa shape index (κ1) is 11.9. The van der Waals surface area contributed by atoms with Gasteiger partial charge in [0.25, 0.3) is 0 Å². The highest BCUT2D eigenvalue weighted by atomic mass is 127. The van der Waals surface area contributed by atoms with Crippen LogP contribution in [0.15, 0.2) is 24.3 Å². The molecule has 1 unspecified atom stereocenters. The molecule has 0 saturated carbocycles. The highest BCUT2D eigenvalue weighted by molar-refractivity contribution is 14.1. The predicted octanol–water partition coefficient (Wildman–Crippen LogP) is 2.47. The maximum atomic E-state index is 3.76. The molecule has 3 aliphatic rings. The molecule has 4 rings (SSSR count). The van der Waals surface area contributed by atoms with Crippen LogP contribution >= 0.6 is 22.6 Å². The van der Waals surface area contributed by atoms with Gasteiger partial charge in [-0.25, -0.2) is 0 Å². The van der Waals surface area contributed by atoms with Crippen LogP contribution in [-0.4, -0.2) is 30.6 Å². The lowest BCUT2D eigenvalue weighted by Crippen LogP contribution is -2.55. The second kappa shape index (κ2) is 5.24. The highest BCUT2D eigenvalue weighted by Crippen LogP contribution is 2.27. The number of hydrogen-bond donors (Lipinski definition) is 1. The molecule has 2 bridgehead atoms. The van der Waals surface area contributed by atoms with Crippen LogP contribution in [0.5, 0.6) is 0 Å². The summed E-state index contributed by atoms with van der Waals surface area (Å²) in [6.07, 6.45) is 2.78. The van der Waals surface area contributed by atoms with Crippen molar-refractivity contribution in [1.29, 1.82) is 0 Å².